The Morgan fingerprint density at radius 2 is 2.35 bits per heavy atom. The minimum absolute atomic E-state index is 0.699. The molecule has 1 heterocycles. The SMILES string of the molecule is COc1ccc(N)c(NCCn2ccnn2)c1. The lowest BCUT2D eigenvalue weighted by Gasteiger charge is -2.10. The van der Waals surface area contributed by atoms with Crippen LogP contribution in [0.3, 0.4) is 0 Å². The second kappa shape index (κ2) is 5.20. The summed E-state index contributed by atoms with van der Waals surface area (Å²) in [4.78, 5) is 0. The van der Waals surface area contributed by atoms with Crippen molar-refractivity contribution in [3.63, 3.8) is 0 Å². The van der Waals surface area contributed by atoms with E-state index in [1.807, 2.05) is 24.4 Å². The predicted molar refractivity (Wildman–Crippen MR) is 65.9 cm³/mol. The minimum Gasteiger partial charge on any atom is -0.497 e. The fourth-order valence-corrected chi connectivity index (χ4v) is 1.47. The third-order valence-electron chi connectivity index (χ3n) is 2.39. The Morgan fingerprint density at radius 1 is 1.47 bits per heavy atom. The van der Waals surface area contributed by atoms with Crippen LogP contribution in [-0.2, 0) is 6.54 Å². The molecule has 0 unspecified atom stereocenters. The Labute approximate surface area is 99.4 Å². The van der Waals surface area contributed by atoms with Gasteiger partial charge in [0.15, 0.2) is 0 Å². The van der Waals surface area contributed by atoms with Crippen LogP contribution >= 0.6 is 0 Å². The highest BCUT2D eigenvalue weighted by molar-refractivity contribution is 5.68. The fraction of sp³-hybridized carbons (Fsp3) is 0.273. The number of hydrogen-bond donors (Lipinski definition) is 2. The van der Waals surface area contributed by atoms with Crippen LogP contribution in [0.5, 0.6) is 5.75 Å². The Balaban J connectivity index is 1.94. The largest absolute Gasteiger partial charge is 0.497 e. The number of nitrogens with one attached hydrogen (secondary N) is 1. The first kappa shape index (κ1) is 11.3. The number of nitrogens with two attached hydrogens (primary N) is 1. The summed E-state index contributed by atoms with van der Waals surface area (Å²) in [6.45, 7) is 1.46. The van der Waals surface area contributed by atoms with Crippen LogP contribution in [0, 0.1) is 0 Å². The van der Waals surface area contributed by atoms with Gasteiger partial charge in [-0.05, 0) is 12.1 Å². The highest BCUT2D eigenvalue weighted by Gasteiger charge is 2.00. The molecular formula is C11H15N5O. The van der Waals surface area contributed by atoms with Crippen molar-refractivity contribution in [1.82, 2.24) is 15.0 Å². The number of nitrogen functional groups attached to an aromatic ring is 1. The van der Waals surface area contributed by atoms with Crippen molar-refractivity contribution in [3.05, 3.63) is 30.6 Å². The molecule has 0 amide bonds. The van der Waals surface area contributed by atoms with Crippen LogP contribution in [-0.4, -0.2) is 28.6 Å². The third kappa shape index (κ3) is 2.87. The lowest BCUT2D eigenvalue weighted by molar-refractivity contribution is 0.415. The Hall–Kier alpha value is -2.24. The number of nitrogens with zero attached hydrogens (tertiary/aromatic N) is 3. The molecule has 1 aromatic carbocycles. The molecule has 0 fully saturated rings. The maximum atomic E-state index is 5.85. The summed E-state index contributed by atoms with van der Waals surface area (Å²) in [6.07, 6.45) is 3.47. The lowest BCUT2D eigenvalue weighted by Crippen LogP contribution is -2.12. The summed E-state index contributed by atoms with van der Waals surface area (Å²) in [5, 5.41) is 10.8. The zero-order valence-corrected chi connectivity index (χ0v) is 9.63. The van der Waals surface area contributed by atoms with Crippen LogP contribution in [0.15, 0.2) is 30.6 Å². The van der Waals surface area contributed by atoms with Gasteiger partial charge in [0.1, 0.15) is 5.75 Å². The number of aromatic nitrogens is 3. The highest BCUT2D eigenvalue weighted by Crippen LogP contribution is 2.23. The third-order valence-corrected chi connectivity index (χ3v) is 2.39. The van der Waals surface area contributed by atoms with E-state index in [4.69, 9.17) is 10.5 Å². The summed E-state index contributed by atoms with van der Waals surface area (Å²) in [6, 6.07) is 5.52. The van der Waals surface area contributed by atoms with Crippen LogP contribution in [0.2, 0.25) is 0 Å². The molecule has 0 aliphatic heterocycles. The lowest BCUT2D eigenvalue weighted by atomic mass is 10.2. The van der Waals surface area contributed by atoms with E-state index in [2.05, 4.69) is 15.6 Å². The van der Waals surface area contributed by atoms with E-state index in [-0.39, 0.29) is 0 Å². The van der Waals surface area contributed by atoms with E-state index >= 15 is 0 Å². The van der Waals surface area contributed by atoms with Crippen LogP contribution in [0.1, 0.15) is 0 Å². The molecule has 17 heavy (non-hydrogen) atoms. The van der Waals surface area contributed by atoms with Crippen molar-refractivity contribution in [2.24, 2.45) is 0 Å². The molecule has 0 atom stereocenters. The normalized spacial score (nSPS) is 10.2. The Kier molecular flexibility index (Phi) is 3.44. The van der Waals surface area contributed by atoms with E-state index < -0.39 is 0 Å². The summed E-state index contributed by atoms with van der Waals surface area (Å²) < 4.78 is 6.89. The molecule has 6 nitrogen and oxygen atoms in total. The number of rotatable bonds is 5. The van der Waals surface area contributed by atoms with E-state index in [1.54, 1.807) is 18.0 Å². The summed E-state index contributed by atoms with van der Waals surface area (Å²) in [5.74, 6) is 0.780. The molecule has 0 spiro atoms. The topological polar surface area (TPSA) is 78.0 Å². The smallest absolute Gasteiger partial charge is 0.121 e. The molecule has 90 valence electrons. The Morgan fingerprint density at radius 3 is 3.06 bits per heavy atom. The first-order valence-corrected chi connectivity index (χ1v) is 5.31. The molecule has 2 rings (SSSR count). The van der Waals surface area contributed by atoms with Crippen molar-refractivity contribution in [1.29, 1.82) is 0 Å². The highest BCUT2D eigenvalue weighted by atomic mass is 16.5. The average molecular weight is 233 g/mol. The second-order valence-electron chi connectivity index (χ2n) is 3.55. The van der Waals surface area contributed by atoms with Crippen molar-refractivity contribution < 1.29 is 4.74 Å². The minimum atomic E-state index is 0.699. The molecule has 2 aromatic rings. The monoisotopic (exact) mass is 233 g/mol. The van der Waals surface area contributed by atoms with Gasteiger partial charge in [0.05, 0.1) is 31.2 Å². The average Bonchev–Trinajstić information content (AvgIpc) is 2.84. The molecule has 0 saturated heterocycles. The van der Waals surface area contributed by atoms with E-state index in [9.17, 15) is 0 Å². The van der Waals surface area contributed by atoms with Crippen molar-refractivity contribution >= 4 is 11.4 Å². The number of anilines is 2. The maximum absolute atomic E-state index is 5.85. The van der Waals surface area contributed by atoms with Gasteiger partial charge in [-0.25, -0.2) is 0 Å². The molecule has 0 radical (unpaired) electrons. The number of hydrogen-bond acceptors (Lipinski definition) is 5. The van der Waals surface area contributed by atoms with Gasteiger partial charge in [-0.1, -0.05) is 5.21 Å². The van der Waals surface area contributed by atoms with Crippen LogP contribution < -0.4 is 15.8 Å². The van der Waals surface area contributed by atoms with Gasteiger partial charge in [0.2, 0.25) is 0 Å². The zero-order valence-electron chi connectivity index (χ0n) is 9.63. The van der Waals surface area contributed by atoms with Crippen LogP contribution in [0.4, 0.5) is 11.4 Å². The number of benzene rings is 1. The number of ether oxygens (including phenoxy) is 1. The van der Waals surface area contributed by atoms with E-state index in [0.29, 0.717) is 5.69 Å². The molecule has 0 aliphatic carbocycles. The molecular weight excluding hydrogens is 218 g/mol. The Bertz CT molecular complexity index is 469. The number of methoxy groups -OCH3 is 1. The van der Waals surface area contributed by atoms with Gasteiger partial charge in [-0.3, -0.25) is 4.68 Å². The summed E-state index contributed by atoms with van der Waals surface area (Å²) in [7, 11) is 1.63. The fourth-order valence-electron chi connectivity index (χ4n) is 1.47. The zero-order chi connectivity index (χ0) is 12.1. The predicted octanol–water partition coefficient (Wildman–Crippen LogP) is 0.981. The first-order chi connectivity index (χ1) is 8.29. The van der Waals surface area contributed by atoms with Gasteiger partial charge in [-0.2, -0.15) is 0 Å². The van der Waals surface area contributed by atoms with Crippen molar-refractivity contribution in [2.45, 2.75) is 6.54 Å². The second-order valence-corrected chi connectivity index (χ2v) is 3.55. The summed E-state index contributed by atoms with van der Waals surface area (Å²) >= 11 is 0. The quantitative estimate of drug-likeness (QED) is 0.753. The van der Waals surface area contributed by atoms with Crippen molar-refractivity contribution in [3.8, 4) is 5.75 Å². The molecule has 6 heteroatoms. The van der Waals surface area contributed by atoms with E-state index in [1.165, 1.54) is 0 Å². The molecule has 0 aliphatic rings. The molecule has 3 N–H and O–H groups in total. The van der Waals surface area contributed by atoms with Gasteiger partial charge in [-0.15, -0.1) is 5.10 Å². The van der Waals surface area contributed by atoms with Gasteiger partial charge in [0, 0.05) is 18.8 Å². The molecule has 0 saturated carbocycles. The summed E-state index contributed by atoms with van der Waals surface area (Å²) in [5.41, 5.74) is 7.41. The first-order valence-electron chi connectivity index (χ1n) is 5.31. The van der Waals surface area contributed by atoms with Gasteiger partial charge >= 0.3 is 0 Å². The van der Waals surface area contributed by atoms with E-state index in [0.717, 1.165) is 24.5 Å². The van der Waals surface area contributed by atoms with Gasteiger partial charge < -0.3 is 15.8 Å². The molecule has 0 bridgehead atoms. The maximum Gasteiger partial charge on any atom is 0.121 e. The van der Waals surface area contributed by atoms with Gasteiger partial charge in [0.25, 0.3) is 0 Å². The standard InChI is InChI=1S/C11H15N5O/c1-17-9-2-3-10(12)11(8-9)13-4-6-16-7-5-14-15-16/h2-3,5,7-8,13H,4,6,12H2,1H3. The van der Waals surface area contributed by atoms with Crippen molar-refractivity contribution in [2.75, 3.05) is 24.7 Å². The molecule has 1 aromatic heterocycles. The van der Waals surface area contributed by atoms with Crippen LogP contribution in [0.25, 0.3) is 0 Å².